The summed E-state index contributed by atoms with van der Waals surface area (Å²) in [6, 6.07) is 18.0. The molecule has 1 N–H and O–H groups in total. The SMILES string of the molecule is Cc1ccc(-c2ccc(C=C(C#N)C(=O)Nc3ccc(Cl)cc3)o2)c(Br)c1. The zero-order chi connectivity index (χ0) is 19.4. The highest BCUT2D eigenvalue weighted by atomic mass is 79.9. The predicted molar refractivity (Wildman–Crippen MR) is 110 cm³/mol. The highest BCUT2D eigenvalue weighted by Crippen LogP contribution is 2.31. The Hall–Kier alpha value is -2.81. The van der Waals surface area contributed by atoms with Gasteiger partial charge in [-0.2, -0.15) is 5.26 Å². The standard InChI is InChI=1S/C21H14BrClN2O2/c1-13-2-8-18(19(22)10-13)20-9-7-17(27-20)11-14(12-24)21(26)25-16-5-3-15(23)4-6-16/h2-11H,1H3,(H,25,26). The number of nitriles is 1. The first-order valence-corrected chi connectivity index (χ1v) is 9.18. The normalized spacial score (nSPS) is 11.1. The maximum atomic E-state index is 12.3. The van der Waals surface area contributed by atoms with Gasteiger partial charge in [-0.15, -0.1) is 0 Å². The quantitative estimate of drug-likeness (QED) is 0.386. The number of aryl methyl sites for hydroxylation is 1. The van der Waals surface area contributed by atoms with Crippen molar-refractivity contribution in [3.05, 3.63) is 81.0 Å². The van der Waals surface area contributed by atoms with Crippen molar-refractivity contribution < 1.29 is 9.21 Å². The molecule has 0 aliphatic carbocycles. The topological polar surface area (TPSA) is 66.0 Å². The second-order valence-corrected chi connectivity index (χ2v) is 7.11. The van der Waals surface area contributed by atoms with E-state index in [0.717, 1.165) is 15.6 Å². The molecule has 3 aromatic rings. The van der Waals surface area contributed by atoms with Gasteiger partial charge >= 0.3 is 0 Å². The van der Waals surface area contributed by atoms with E-state index in [1.54, 1.807) is 36.4 Å². The molecule has 4 nitrogen and oxygen atoms in total. The summed E-state index contributed by atoms with van der Waals surface area (Å²) in [5.41, 5.74) is 2.51. The van der Waals surface area contributed by atoms with Gasteiger partial charge < -0.3 is 9.73 Å². The Morgan fingerprint density at radius 1 is 1.19 bits per heavy atom. The largest absolute Gasteiger partial charge is 0.457 e. The van der Waals surface area contributed by atoms with Crippen LogP contribution in [0.2, 0.25) is 5.02 Å². The number of furan rings is 1. The number of carbonyl (C=O) groups excluding carboxylic acids is 1. The number of nitrogens with one attached hydrogen (secondary N) is 1. The van der Waals surface area contributed by atoms with Crippen LogP contribution in [0.5, 0.6) is 0 Å². The van der Waals surface area contributed by atoms with Crippen molar-refractivity contribution in [3.8, 4) is 17.4 Å². The number of hydrogen-bond acceptors (Lipinski definition) is 3. The fourth-order valence-corrected chi connectivity index (χ4v) is 3.23. The molecule has 1 aromatic heterocycles. The smallest absolute Gasteiger partial charge is 0.266 e. The zero-order valence-electron chi connectivity index (χ0n) is 14.3. The summed E-state index contributed by atoms with van der Waals surface area (Å²) in [5.74, 6) is 0.540. The minimum absolute atomic E-state index is 0.0613. The molecule has 2 aromatic carbocycles. The van der Waals surface area contributed by atoms with Crippen molar-refractivity contribution in [2.24, 2.45) is 0 Å². The summed E-state index contributed by atoms with van der Waals surface area (Å²) >= 11 is 9.35. The van der Waals surface area contributed by atoms with Crippen LogP contribution in [-0.4, -0.2) is 5.91 Å². The van der Waals surface area contributed by atoms with Crippen LogP contribution in [0.25, 0.3) is 17.4 Å². The number of benzene rings is 2. The summed E-state index contributed by atoms with van der Waals surface area (Å²) in [5, 5.41) is 12.5. The van der Waals surface area contributed by atoms with Crippen LogP contribution >= 0.6 is 27.5 Å². The first-order chi connectivity index (χ1) is 13.0. The Labute approximate surface area is 170 Å². The molecule has 6 heteroatoms. The van der Waals surface area contributed by atoms with Gasteiger partial charge in [0, 0.05) is 26.8 Å². The van der Waals surface area contributed by atoms with E-state index in [0.29, 0.717) is 22.2 Å². The van der Waals surface area contributed by atoms with Crippen molar-refractivity contribution in [1.29, 1.82) is 5.26 Å². The number of amides is 1. The molecular formula is C21H14BrClN2O2. The van der Waals surface area contributed by atoms with Gasteiger partial charge in [0.15, 0.2) is 0 Å². The molecule has 0 bridgehead atoms. The first kappa shape index (κ1) is 19.0. The van der Waals surface area contributed by atoms with Crippen molar-refractivity contribution >= 4 is 45.2 Å². The third-order valence-corrected chi connectivity index (χ3v) is 4.68. The molecule has 134 valence electrons. The minimum Gasteiger partial charge on any atom is -0.457 e. The Balaban J connectivity index is 1.82. The van der Waals surface area contributed by atoms with Crippen molar-refractivity contribution in [3.63, 3.8) is 0 Å². The Morgan fingerprint density at radius 2 is 1.93 bits per heavy atom. The van der Waals surface area contributed by atoms with E-state index < -0.39 is 5.91 Å². The fourth-order valence-electron chi connectivity index (χ4n) is 2.42. The predicted octanol–water partition coefficient (Wildman–Crippen LogP) is 6.22. The van der Waals surface area contributed by atoms with E-state index in [1.165, 1.54) is 6.08 Å². The minimum atomic E-state index is -0.519. The average Bonchev–Trinajstić information content (AvgIpc) is 3.09. The molecule has 0 aliphatic rings. The van der Waals surface area contributed by atoms with Gasteiger partial charge in [-0.3, -0.25) is 4.79 Å². The number of carbonyl (C=O) groups is 1. The Kier molecular flexibility index (Phi) is 5.80. The molecule has 0 saturated heterocycles. The van der Waals surface area contributed by atoms with Gasteiger partial charge in [-0.25, -0.2) is 0 Å². The molecule has 0 spiro atoms. The van der Waals surface area contributed by atoms with Crippen LogP contribution < -0.4 is 5.32 Å². The maximum absolute atomic E-state index is 12.3. The summed E-state index contributed by atoms with van der Waals surface area (Å²) in [6.45, 7) is 2.00. The van der Waals surface area contributed by atoms with E-state index in [9.17, 15) is 10.1 Å². The second-order valence-electron chi connectivity index (χ2n) is 5.82. The molecule has 27 heavy (non-hydrogen) atoms. The Morgan fingerprint density at radius 3 is 2.59 bits per heavy atom. The van der Waals surface area contributed by atoms with Gasteiger partial charge in [-0.1, -0.05) is 33.6 Å². The maximum Gasteiger partial charge on any atom is 0.266 e. The van der Waals surface area contributed by atoms with E-state index >= 15 is 0 Å². The molecule has 1 amide bonds. The van der Waals surface area contributed by atoms with Crippen LogP contribution in [0.1, 0.15) is 11.3 Å². The monoisotopic (exact) mass is 440 g/mol. The summed E-state index contributed by atoms with van der Waals surface area (Å²) < 4.78 is 6.69. The lowest BCUT2D eigenvalue weighted by molar-refractivity contribution is -0.112. The number of nitrogens with zero attached hydrogens (tertiary/aromatic N) is 1. The molecular weight excluding hydrogens is 428 g/mol. The van der Waals surface area contributed by atoms with Crippen molar-refractivity contribution in [1.82, 2.24) is 0 Å². The van der Waals surface area contributed by atoms with Crippen LogP contribution in [0.4, 0.5) is 5.69 Å². The van der Waals surface area contributed by atoms with Crippen LogP contribution in [0.15, 0.2) is 69.1 Å². The average molecular weight is 442 g/mol. The van der Waals surface area contributed by atoms with Gasteiger partial charge in [0.2, 0.25) is 0 Å². The Bertz CT molecular complexity index is 1060. The number of halogens is 2. The van der Waals surface area contributed by atoms with E-state index in [1.807, 2.05) is 31.2 Å². The number of anilines is 1. The fraction of sp³-hybridized carbons (Fsp3) is 0.0476. The number of rotatable bonds is 4. The summed E-state index contributed by atoms with van der Waals surface area (Å²) in [7, 11) is 0. The summed E-state index contributed by atoms with van der Waals surface area (Å²) in [4.78, 5) is 12.3. The highest BCUT2D eigenvalue weighted by molar-refractivity contribution is 9.10. The lowest BCUT2D eigenvalue weighted by Gasteiger charge is -2.04. The zero-order valence-corrected chi connectivity index (χ0v) is 16.6. The highest BCUT2D eigenvalue weighted by Gasteiger charge is 2.12. The molecule has 0 fully saturated rings. The van der Waals surface area contributed by atoms with Crippen molar-refractivity contribution in [2.45, 2.75) is 6.92 Å². The molecule has 0 radical (unpaired) electrons. The van der Waals surface area contributed by atoms with Crippen molar-refractivity contribution in [2.75, 3.05) is 5.32 Å². The lowest BCUT2D eigenvalue weighted by atomic mass is 10.1. The van der Waals surface area contributed by atoms with E-state index in [2.05, 4.69) is 21.2 Å². The third kappa shape index (κ3) is 4.68. The van der Waals surface area contributed by atoms with Gasteiger partial charge in [0.1, 0.15) is 23.2 Å². The van der Waals surface area contributed by atoms with Gasteiger partial charge in [-0.05, 0) is 61.0 Å². The molecule has 1 heterocycles. The lowest BCUT2D eigenvalue weighted by Crippen LogP contribution is -2.13. The van der Waals surface area contributed by atoms with Crippen LogP contribution in [0, 0.1) is 18.3 Å². The summed E-state index contributed by atoms with van der Waals surface area (Å²) in [6.07, 6.45) is 1.41. The van der Waals surface area contributed by atoms with E-state index in [-0.39, 0.29) is 5.57 Å². The first-order valence-electron chi connectivity index (χ1n) is 8.01. The molecule has 0 saturated carbocycles. The molecule has 0 aliphatic heterocycles. The van der Waals surface area contributed by atoms with Gasteiger partial charge in [0.25, 0.3) is 5.91 Å². The van der Waals surface area contributed by atoms with Crippen LogP contribution in [0.3, 0.4) is 0 Å². The third-order valence-electron chi connectivity index (χ3n) is 3.77. The van der Waals surface area contributed by atoms with Crippen LogP contribution in [-0.2, 0) is 4.79 Å². The number of hydrogen-bond donors (Lipinski definition) is 1. The molecule has 3 rings (SSSR count). The molecule has 0 unspecified atom stereocenters. The van der Waals surface area contributed by atoms with E-state index in [4.69, 9.17) is 16.0 Å². The van der Waals surface area contributed by atoms with Gasteiger partial charge in [0.05, 0.1) is 0 Å². The second kappa shape index (κ2) is 8.26. The molecule has 0 atom stereocenters.